The number of benzene rings is 1. The summed E-state index contributed by atoms with van der Waals surface area (Å²) in [7, 11) is 3.11. The summed E-state index contributed by atoms with van der Waals surface area (Å²) in [5, 5.41) is 5.10. The minimum absolute atomic E-state index is 0.227. The summed E-state index contributed by atoms with van der Waals surface area (Å²) < 4.78 is 5.82. The number of aryl methyl sites for hydroxylation is 1. The summed E-state index contributed by atoms with van der Waals surface area (Å²) in [4.78, 5) is 46.5. The molecule has 34 heavy (non-hydrogen) atoms. The van der Waals surface area contributed by atoms with E-state index in [2.05, 4.69) is 20.6 Å². The van der Waals surface area contributed by atoms with Gasteiger partial charge in [0.1, 0.15) is 23.9 Å². The highest BCUT2D eigenvalue weighted by Gasteiger charge is 2.33. The lowest BCUT2D eigenvalue weighted by molar-refractivity contribution is -0.143. The normalized spacial score (nSPS) is 14.0. The third-order valence-electron chi connectivity index (χ3n) is 5.68. The van der Waals surface area contributed by atoms with Gasteiger partial charge >= 0.3 is 11.8 Å². The first-order valence-corrected chi connectivity index (χ1v) is 10.5. The van der Waals surface area contributed by atoms with Crippen LogP contribution in [0.1, 0.15) is 27.7 Å². The predicted octanol–water partition coefficient (Wildman–Crippen LogP) is 1.92. The number of ether oxygens (including phenoxy) is 1. The number of amides is 3. The highest BCUT2D eigenvalue weighted by atomic mass is 16.5. The number of fused-ring (bicyclic) bond motifs is 1. The molecule has 174 valence electrons. The zero-order chi connectivity index (χ0) is 24.4. The van der Waals surface area contributed by atoms with Crippen LogP contribution in [-0.4, -0.2) is 53.3 Å². The second-order valence-corrected chi connectivity index (χ2v) is 7.89. The molecule has 0 saturated heterocycles. The number of carbonyl (C=O) groups excluding carboxylic acids is 3. The van der Waals surface area contributed by atoms with E-state index in [4.69, 9.17) is 10.5 Å². The molecule has 0 fully saturated rings. The minimum Gasteiger partial charge on any atom is -0.491 e. The summed E-state index contributed by atoms with van der Waals surface area (Å²) in [6, 6.07) is 10.3. The van der Waals surface area contributed by atoms with Crippen LogP contribution in [0.5, 0.6) is 5.75 Å². The fourth-order valence-electron chi connectivity index (χ4n) is 3.66. The highest BCUT2D eigenvalue weighted by Crippen LogP contribution is 2.38. The Morgan fingerprint density at radius 3 is 2.53 bits per heavy atom. The van der Waals surface area contributed by atoms with Gasteiger partial charge in [-0.3, -0.25) is 19.4 Å². The zero-order valence-corrected chi connectivity index (χ0v) is 19.0. The monoisotopic (exact) mass is 460 g/mol. The molecule has 3 aromatic rings. The van der Waals surface area contributed by atoms with Gasteiger partial charge in [-0.15, -0.1) is 0 Å². The maximum atomic E-state index is 12.8. The van der Waals surface area contributed by atoms with Crippen molar-refractivity contribution in [1.29, 1.82) is 0 Å². The van der Waals surface area contributed by atoms with E-state index in [0.29, 0.717) is 28.5 Å². The molecule has 10 nitrogen and oxygen atoms in total. The molecule has 0 bridgehead atoms. The van der Waals surface area contributed by atoms with E-state index in [1.54, 1.807) is 45.4 Å². The summed E-state index contributed by atoms with van der Waals surface area (Å²) in [6.07, 6.45) is 3.02. The molecule has 0 radical (unpaired) electrons. The number of hydrogen-bond donors (Lipinski definition) is 3. The second-order valence-electron chi connectivity index (χ2n) is 7.89. The standard InChI is InChI=1S/C24H24N6O4/c1-13-8-16(11-28-21(13)25)29-23(32)24(33)30(3)19-12-34-20-9-14(4-6-17(19)20)15-5-7-18(27-10-15)22(31)26-2/h4-11,19H,12H2,1-3H3,(H2,25,28)(H,26,31)(H,29,32). The molecule has 0 spiro atoms. The van der Waals surface area contributed by atoms with Crippen molar-refractivity contribution in [2.45, 2.75) is 13.0 Å². The van der Waals surface area contributed by atoms with Crippen molar-refractivity contribution >= 4 is 29.2 Å². The first kappa shape index (κ1) is 22.7. The van der Waals surface area contributed by atoms with Gasteiger partial charge in [0.15, 0.2) is 0 Å². The molecule has 10 heteroatoms. The van der Waals surface area contributed by atoms with Gasteiger partial charge in [0.2, 0.25) is 0 Å². The van der Waals surface area contributed by atoms with Crippen LogP contribution in [0.3, 0.4) is 0 Å². The molecule has 4 rings (SSSR count). The number of aromatic nitrogens is 2. The Morgan fingerprint density at radius 1 is 1.09 bits per heavy atom. The van der Waals surface area contributed by atoms with Crippen molar-refractivity contribution in [1.82, 2.24) is 20.2 Å². The van der Waals surface area contributed by atoms with Crippen LogP contribution in [0, 0.1) is 6.92 Å². The largest absolute Gasteiger partial charge is 0.491 e. The molecular formula is C24H24N6O4. The fraction of sp³-hybridized carbons (Fsp3) is 0.208. The zero-order valence-electron chi connectivity index (χ0n) is 19.0. The van der Waals surface area contributed by atoms with E-state index in [-0.39, 0.29) is 12.5 Å². The van der Waals surface area contributed by atoms with Crippen LogP contribution >= 0.6 is 0 Å². The van der Waals surface area contributed by atoms with Crippen LogP contribution in [0.25, 0.3) is 11.1 Å². The topological polar surface area (TPSA) is 140 Å². The Balaban J connectivity index is 1.47. The first-order chi connectivity index (χ1) is 16.3. The van der Waals surface area contributed by atoms with E-state index in [1.165, 1.54) is 11.1 Å². The molecule has 1 unspecified atom stereocenters. The smallest absolute Gasteiger partial charge is 0.313 e. The number of hydrogen-bond acceptors (Lipinski definition) is 7. The lowest BCUT2D eigenvalue weighted by Gasteiger charge is -2.23. The molecule has 2 aromatic heterocycles. The average molecular weight is 460 g/mol. The molecule has 1 aliphatic heterocycles. The molecule has 0 saturated carbocycles. The number of likely N-dealkylation sites (N-methyl/N-ethyl adjacent to an activating group) is 1. The van der Waals surface area contributed by atoms with Crippen molar-refractivity contribution in [3.63, 3.8) is 0 Å². The molecule has 1 aliphatic rings. The van der Waals surface area contributed by atoms with Gasteiger partial charge in [-0.05, 0) is 36.2 Å². The van der Waals surface area contributed by atoms with Crippen molar-refractivity contribution in [3.05, 3.63) is 65.6 Å². The van der Waals surface area contributed by atoms with Gasteiger partial charge in [0.25, 0.3) is 5.91 Å². The maximum absolute atomic E-state index is 12.8. The number of nitrogens with one attached hydrogen (secondary N) is 2. The molecule has 3 heterocycles. The van der Waals surface area contributed by atoms with E-state index in [1.807, 2.05) is 18.2 Å². The predicted molar refractivity (Wildman–Crippen MR) is 126 cm³/mol. The van der Waals surface area contributed by atoms with E-state index < -0.39 is 17.9 Å². The Labute approximate surface area is 196 Å². The van der Waals surface area contributed by atoms with E-state index in [0.717, 1.165) is 16.7 Å². The number of anilines is 2. The quantitative estimate of drug-likeness (QED) is 0.506. The summed E-state index contributed by atoms with van der Waals surface area (Å²) in [5.74, 6) is -0.754. The Morgan fingerprint density at radius 2 is 1.85 bits per heavy atom. The van der Waals surface area contributed by atoms with Gasteiger partial charge in [-0.25, -0.2) is 4.98 Å². The van der Waals surface area contributed by atoms with Crippen molar-refractivity contribution in [3.8, 4) is 16.9 Å². The SMILES string of the molecule is CNC(=O)c1ccc(-c2ccc3c(c2)OCC3N(C)C(=O)C(=O)Nc2cnc(N)c(C)c2)cn1. The van der Waals surface area contributed by atoms with Gasteiger partial charge in [-0.1, -0.05) is 18.2 Å². The Hall–Kier alpha value is -4.47. The molecule has 4 N–H and O–H groups in total. The molecule has 3 amide bonds. The average Bonchev–Trinajstić information content (AvgIpc) is 3.28. The van der Waals surface area contributed by atoms with E-state index >= 15 is 0 Å². The summed E-state index contributed by atoms with van der Waals surface area (Å²) in [6.45, 7) is 1.99. The van der Waals surface area contributed by atoms with Crippen molar-refractivity contribution in [2.75, 3.05) is 31.8 Å². The van der Waals surface area contributed by atoms with Gasteiger partial charge in [0.05, 0.1) is 17.9 Å². The number of rotatable bonds is 4. The molecular weight excluding hydrogens is 436 g/mol. The summed E-state index contributed by atoms with van der Waals surface area (Å²) >= 11 is 0. The van der Waals surface area contributed by atoms with Crippen LogP contribution in [0.15, 0.2) is 48.8 Å². The fourth-order valence-corrected chi connectivity index (χ4v) is 3.66. The number of nitrogen functional groups attached to an aromatic ring is 1. The lowest BCUT2D eigenvalue weighted by Crippen LogP contribution is -2.40. The lowest BCUT2D eigenvalue weighted by atomic mass is 10.0. The van der Waals surface area contributed by atoms with Gasteiger partial charge < -0.3 is 26.0 Å². The van der Waals surface area contributed by atoms with Crippen LogP contribution in [-0.2, 0) is 9.59 Å². The molecule has 0 aliphatic carbocycles. The first-order valence-electron chi connectivity index (χ1n) is 10.5. The van der Waals surface area contributed by atoms with Crippen LogP contribution in [0.2, 0.25) is 0 Å². The highest BCUT2D eigenvalue weighted by molar-refractivity contribution is 6.39. The maximum Gasteiger partial charge on any atom is 0.313 e. The van der Waals surface area contributed by atoms with Crippen molar-refractivity contribution < 1.29 is 19.1 Å². The third kappa shape index (κ3) is 4.38. The number of pyridine rings is 2. The third-order valence-corrected chi connectivity index (χ3v) is 5.68. The number of nitrogens with two attached hydrogens (primary N) is 1. The number of nitrogens with zero attached hydrogens (tertiary/aromatic N) is 3. The minimum atomic E-state index is -0.777. The van der Waals surface area contributed by atoms with Gasteiger partial charge in [-0.2, -0.15) is 0 Å². The number of carbonyl (C=O) groups is 3. The van der Waals surface area contributed by atoms with Crippen molar-refractivity contribution in [2.24, 2.45) is 0 Å². The molecule has 1 atom stereocenters. The van der Waals surface area contributed by atoms with E-state index in [9.17, 15) is 14.4 Å². The van der Waals surface area contributed by atoms with Crippen LogP contribution in [0.4, 0.5) is 11.5 Å². The summed E-state index contributed by atoms with van der Waals surface area (Å²) in [5.41, 5.74) is 9.58. The Kier molecular flexibility index (Phi) is 6.13. The van der Waals surface area contributed by atoms with Crippen LogP contribution < -0.4 is 21.1 Å². The van der Waals surface area contributed by atoms with Gasteiger partial charge in [0, 0.05) is 31.4 Å². The second kappa shape index (κ2) is 9.18. The molecule has 1 aromatic carbocycles. The Bertz CT molecular complexity index is 1270.